The van der Waals surface area contributed by atoms with E-state index in [0.29, 0.717) is 48.0 Å². The van der Waals surface area contributed by atoms with Crippen molar-refractivity contribution < 1.29 is 13.2 Å². The second kappa shape index (κ2) is 9.34. The summed E-state index contributed by atoms with van der Waals surface area (Å²) in [6.07, 6.45) is 3.72. The Hall–Kier alpha value is -3.80. The molecule has 0 saturated carbocycles. The van der Waals surface area contributed by atoms with E-state index in [4.69, 9.17) is 10.2 Å². The molecule has 2 aliphatic heterocycles. The van der Waals surface area contributed by atoms with Crippen molar-refractivity contribution in [3.05, 3.63) is 48.2 Å². The van der Waals surface area contributed by atoms with Crippen molar-refractivity contribution in [2.75, 3.05) is 61.3 Å². The smallest absolute Gasteiger partial charge is 0.259 e. The van der Waals surface area contributed by atoms with Gasteiger partial charge in [-0.15, -0.1) is 5.10 Å². The molecule has 2 N–H and O–H groups in total. The van der Waals surface area contributed by atoms with Crippen LogP contribution in [0, 0.1) is 17.6 Å². The van der Waals surface area contributed by atoms with E-state index >= 15 is 0 Å². The van der Waals surface area contributed by atoms with E-state index in [1.165, 1.54) is 16.6 Å². The standard InChI is InChI=1S/C24H27F2N9O/c25-17-5-6-19(18(26)13-17)33-10-8-32(9-11-33)14-16-3-1-7-34(15-16)23-29-22(27)35-24(30-23)28-21(31-35)20-4-2-12-36-20/h2,4-6,12-13,16H,1,3,7-11,14-15H2,(H2,27,28,29,30,31). The molecule has 6 rings (SSSR count). The molecule has 0 radical (unpaired) electrons. The molecular weight excluding hydrogens is 468 g/mol. The quantitative estimate of drug-likeness (QED) is 0.447. The molecule has 1 atom stereocenters. The number of nitrogens with two attached hydrogens (primary N) is 1. The summed E-state index contributed by atoms with van der Waals surface area (Å²) >= 11 is 0. The molecule has 36 heavy (non-hydrogen) atoms. The first-order chi connectivity index (χ1) is 17.5. The lowest BCUT2D eigenvalue weighted by molar-refractivity contribution is 0.205. The van der Waals surface area contributed by atoms with Gasteiger partial charge in [0.2, 0.25) is 17.7 Å². The van der Waals surface area contributed by atoms with Gasteiger partial charge in [0.15, 0.2) is 5.76 Å². The highest BCUT2D eigenvalue weighted by molar-refractivity contribution is 5.53. The zero-order chi connectivity index (χ0) is 24.6. The summed E-state index contributed by atoms with van der Waals surface area (Å²) in [5, 5.41) is 4.36. The van der Waals surface area contributed by atoms with Gasteiger partial charge in [0.25, 0.3) is 5.78 Å². The fraction of sp³-hybridized carbons (Fsp3) is 0.417. The van der Waals surface area contributed by atoms with Crippen LogP contribution in [0.3, 0.4) is 0 Å². The largest absolute Gasteiger partial charge is 0.461 e. The van der Waals surface area contributed by atoms with E-state index in [1.54, 1.807) is 18.4 Å². The van der Waals surface area contributed by atoms with Crippen LogP contribution in [0.5, 0.6) is 0 Å². The van der Waals surface area contributed by atoms with Gasteiger partial charge in [0, 0.05) is 51.9 Å². The minimum atomic E-state index is -0.552. The maximum atomic E-state index is 14.2. The van der Waals surface area contributed by atoms with E-state index in [-0.39, 0.29) is 5.95 Å². The summed E-state index contributed by atoms with van der Waals surface area (Å²) < 4.78 is 34.2. The highest BCUT2D eigenvalue weighted by Crippen LogP contribution is 2.25. The number of piperazine rings is 1. The van der Waals surface area contributed by atoms with Gasteiger partial charge in [-0.1, -0.05) is 0 Å². The zero-order valence-electron chi connectivity index (χ0n) is 19.7. The van der Waals surface area contributed by atoms with Crippen molar-refractivity contribution >= 4 is 23.4 Å². The molecule has 0 aliphatic carbocycles. The molecule has 2 saturated heterocycles. The molecule has 10 nitrogen and oxygen atoms in total. The molecule has 1 aromatic carbocycles. The van der Waals surface area contributed by atoms with Gasteiger partial charge in [0.05, 0.1) is 12.0 Å². The molecule has 0 bridgehead atoms. The zero-order valence-corrected chi connectivity index (χ0v) is 19.7. The maximum absolute atomic E-state index is 14.2. The fourth-order valence-electron chi connectivity index (χ4n) is 5.12. The van der Waals surface area contributed by atoms with Gasteiger partial charge in [-0.05, 0) is 43.0 Å². The van der Waals surface area contributed by atoms with Crippen molar-refractivity contribution in [3.63, 3.8) is 0 Å². The molecule has 2 aliphatic rings. The normalized spacial score (nSPS) is 19.3. The number of hydrogen-bond acceptors (Lipinski definition) is 9. The van der Waals surface area contributed by atoms with Crippen molar-refractivity contribution in [1.82, 2.24) is 29.5 Å². The van der Waals surface area contributed by atoms with Crippen LogP contribution in [-0.2, 0) is 0 Å². The van der Waals surface area contributed by atoms with E-state index in [2.05, 4.69) is 29.9 Å². The van der Waals surface area contributed by atoms with Gasteiger partial charge < -0.3 is 20.0 Å². The number of nitrogen functional groups attached to an aromatic ring is 1. The van der Waals surface area contributed by atoms with E-state index in [1.807, 2.05) is 4.90 Å². The molecular formula is C24H27F2N9O. The SMILES string of the molecule is Nc1nc(N2CCCC(CN3CCN(c4ccc(F)cc4F)CC3)C2)nc2nc(-c3ccco3)nn12. The number of piperidine rings is 1. The first-order valence-electron chi connectivity index (χ1n) is 12.1. The molecule has 12 heteroatoms. The molecule has 0 spiro atoms. The molecule has 2 fully saturated rings. The number of nitrogens with zero attached hydrogens (tertiary/aromatic N) is 8. The summed E-state index contributed by atoms with van der Waals surface area (Å²) in [7, 11) is 0. The number of anilines is 3. The molecule has 1 unspecified atom stereocenters. The Labute approximate surface area is 206 Å². The third kappa shape index (κ3) is 4.43. The number of benzene rings is 1. The van der Waals surface area contributed by atoms with Crippen molar-refractivity contribution in [3.8, 4) is 11.6 Å². The third-order valence-electron chi connectivity index (χ3n) is 6.90. The maximum Gasteiger partial charge on any atom is 0.259 e. The Kier molecular flexibility index (Phi) is 5.88. The topological polar surface area (TPSA) is 105 Å². The van der Waals surface area contributed by atoms with Crippen LogP contribution in [0.4, 0.5) is 26.4 Å². The van der Waals surface area contributed by atoms with Crippen LogP contribution < -0.4 is 15.5 Å². The van der Waals surface area contributed by atoms with Crippen LogP contribution >= 0.6 is 0 Å². The van der Waals surface area contributed by atoms with Crippen LogP contribution in [0.25, 0.3) is 17.4 Å². The lowest BCUT2D eigenvalue weighted by atomic mass is 9.97. The third-order valence-corrected chi connectivity index (χ3v) is 6.90. The van der Waals surface area contributed by atoms with Gasteiger partial charge in [-0.25, -0.2) is 8.78 Å². The molecule has 188 valence electrons. The summed E-state index contributed by atoms with van der Waals surface area (Å²) in [5.74, 6) is 1.51. The highest BCUT2D eigenvalue weighted by atomic mass is 19.1. The van der Waals surface area contributed by atoms with E-state index < -0.39 is 11.6 Å². The lowest BCUT2D eigenvalue weighted by Gasteiger charge is -2.40. The Morgan fingerprint density at radius 1 is 1.00 bits per heavy atom. The summed E-state index contributed by atoms with van der Waals surface area (Å²) in [4.78, 5) is 20.2. The molecule has 0 amide bonds. The van der Waals surface area contributed by atoms with Crippen molar-refractivity contribution in [2.45, 2.75) is 12.8 Å². The average Bonchev–Trinajstić information content (AvgIpc) is 3.55. The second-order valence-electron chi connectivity index (χ2n) is 9.34. The summed E-state index contributed by atoms with van der Waals surface area (Å²) in [6, 6.07) is 7.34. The highest BCUT2D eigenvalue weighted by Gasteiger charge is 2.27. The predicted molar refractivity (Wildman–Crippen MR) is 131 cm³/mol. The minimum Gasteiger partial charge on any atom is -0.461 e. The number of halogens is 2. The molecule has 5 heterocycles. The Morgan fingerprint density at radius 3 is 2.64 bits per heavy atom. The van der Waals surface area contributed by atoms with Gasteiger partial charge >= 0.3 is 0 Å². The summed E-state index contributed by atoms with van der Waals surface area (Å²) in [6.45, 7) is 5.70. The van der Waals surface area contributed by atoms with E-state index in [0.717, 1.165) is 51.6 Å². The molecule has 4 aromatic rings. The average molecular weight is 496 g/mol. The number of rotatable bonds is 5. The van der Waals surface area contributed by atoms with Crippen LogP contribution in [0.1, 0.15) is 12.8 Å². The number of furan rings is 1. The van der Waals surface area contributed by atoms with Gasteiger partial charge in [-0.2, -0.15) is 19.5 Å². The first-order valence-corrected chi connectivity index (χ1v) is 12.1. The Morgan fingerprint density at radius 2 is 1.86 bits per heavy atom. The Bertz CT molecular complexity index is 1350. The molecule has 3 aromatic heterocycles. The number of hydrogen-bond donors (Lipinski definition) is 1. The van der Waals surface area contributed by atoms with E-state index in [9.17, 15) is 8.78 Å². The van der Waals surface area contributed by atoms with Crippen LogP contribution in [0.2, 0.25) is 0 Å². The monoisotopic (exact) mass is 495 g/mol. The van der Waals surface area contributed by atoms with Crippen molar-refractivity contribution in [1.29, 1.82) is 0 Å². The van der Waals surface area contributed by atoms with Gasteiger partial charge in [0.1, 0.15) is 11.6 Å². The fourth-order valence-corrected chi connectivity index (χ4v) is 5.12. The number of aromatic nitrogens is 5. The van der Waals surface area contributed by atoms with Crippen molar-refractivity contribution in [2.24, 2.45) is 5.92 Å². The second-order valence-corrected chi connectivity index (χ2v) is 9.34. The summed E-state index contributed by atoms with van der Waals surface area (Å²) in [5.41, 5.74) is 6.65. The number of fused-ring (bicyclic) bond motifs is 1. The first kappa shape index (κ1) is 22.7. The van der Waals surface area contributed by atoms with Crippen LogP contribution in [-0.4, -0.2) is 75.3 Å². The van der Waals surface area contributed by atoms with Crippen LogP contribution in [0.15, 0.2) is 41.0 Å². The Balaban J connectivity index is 1.10. The predicted octanol–water partition coefficient (Wildman–Crippen LogP) is 2.68. The van der Waals surface area contributed by atoms with Gasteiger partial charge in [-0.3, -0.25) is 4.90 Å². The lowest BCUT2D eigenvalue weighted by Crippen LogP contribution is -2.50. The minimum absolute atomic E-state index is 0.228.